The summed E-state index contributed by atoms with van der Waals surface area (Å²) in [5, 5.41) is 6.85. The maximum absolute atomic E-state index is 13.1. The van der Waals surface area contributed by atoms with Gasteiger partial charge in [0.2, 0.25) is 0 Å². The van der Waals surface area contributed by atoms with Gasteiger partial charge >= 0.3 is 0 Å². The average Bonchev–Trinajstić information content (AvgIpc) is 2.93. The van der Waals surface area contributed by atoms with E-state index in [-0.39, 0.29) is 5.56 Å². The zero-order valence-corrected chi connectivity index (χ0v) is 14.2. The lowest BCUT2D eigenvalue weighted by atomic mass is 10.1. The summed E-state index contributed by atoms with van der Waals surface area (Å²) >= 11 is 12.6. The molecule has 7 heteroatoms. The van der Waals surface area contributed by atoms with E-state index in [0.717, 1.165) is 5.39 Å². The molecular weight excluding hydrogens is 347 g/mol. The number of fused-ring (bicyclic) bond motifs is 3. The summed E-state index contributed by atoms with van der Waals surface area (Å²) in [5.41, 5.74) is 1.41. The maximum Gasteiger partial charge on any atom is 0.284 e. The summed E-state index contributed by atoms with van der Waals surface area (Å²) in [5.74, 6) is 0. The van der Waals surface area contributed by atoms with E-state index in [1.165, 1.54) is 0 Å². The number of hydrogen-bond donors (Lipinski definition) is 0. The Kier molecular flexibility index (Phi) is 3.55. The molecule has 1 aromatic carbocycles. The van der Waals surface area contributed by atoms with Crippen molar-refractivity contribution < 1.29 is 0 Å². The summed E-state index contributed by atoms with van der Waals surface area (Å²) in [6, 6.07) is 8.99. The largest absolute Gasteiger partial charge is 0.284 e. The van der Waals surface area contributed by atoms with Crippen LogP contribution in [0.2, 0.25) is 10.2 Å². The van der Waals surface area contributed by atoms with Crippen LogP contribution in [0.25, 0.3) is 27.5 Å². The van der Waals surface area contributed by atoms with E-state index in [2.05, 4.69) is 10.1 Å². The monoisotopic (exact) mass is 358 g/mol. The quantitative estimate of drug-likeness (QED) is 0.542. The van der Waals surface area contributed by atoms with Crippen LogP contribution in [-0.4, -0.2) is 19.3 Å². The van der Waals surface area contributed by atoms with Crippen molar-refractivity contribution in [1.82, 2.24) is 19.3 Å². The Balaban J connectivity index is 2.28. The average molecular weight is 359 g/mol. The Morgan fingerprint density at radius 3 is 2.75 bits per heavy atom. The highest BCUT2D eigenvalue weighted by molar-refractivity contribution is 6.37. The summed E-state index contributed by atoms with van der Waals surface area (Å²) in [7, 11) is 0. The molecule has 120 valence electrons. The molecule has 0 atom stereocenters. The molecule has 0 aliphatic heterocycles. The number of pyridine rings is 2. The van der Waals surface area contributed by atoms with E-state index in [0.29, 0.717) is 38.8 Å². The lowest BCUT2D eigenvalue weighted by molar-refractivity contribution is 0.667. The molecule has 4 rings (SSSR count). The number of benzene rings is 1. The van der Waals surface area contributed by atoms with Gasteiger partial charge in [-0.15, -0.1) is 0 Å². The molecule has 3 heterocycles. The van der Waals surface area contributed by atoms with Crippen molar-refractivity contribution in [2.45, 2.75) is 13.5 Å². The predicted molar refractivity (Wildman–Crippen MR) is 96.3 cm³/mol. The van der Waals surface area contributed by atoms with Gasteiger partial charge in [-0.3, -0.25) is 19.0 Å². The first-order chi connectivity index (χ1) is 11.6. The molecule has 0 unspecified atom stereocenters. The van der Waals surface area contributed by atoms with Crippen LogP contribution in [0.4, 0.5) is 0 Å². The summed E-state index contributed by atoms with van der Waals surface area (Å²) in [6.45, 7) is 2.51. The van der Waals surface area contributed by atoms with Crippen LogP contribution in [0.3, 0.4) is 0 Å². The minimum Gasteiger partial charge on any atom is -0.273 e. The number of rotatable bonds is 2. The van der Waals surface area contributed by atoms with Crippen molar-refractivity contribution in [2.24, 2.45) is 0 Å². The fourth-order valence-electron chi connectivity index (χ4n) is 2.90. The Bertz CT molecular complexity index is 1130. The molecule has 0 bridgehead atoms. The second kappa shape index (κ2) is 5.61. The number of aromatic nitrogens is 4. The van der Waals surface area contributed by atoms with E-state index < -0.39 is 0 Å². The van der Waals surface area contributed by atoms with Gasteiger partial charge < -0.3 is 0 Å². The second-order valence-electron chi connectivity index (χ2n) is 5.34. The third-order valence-electron chi connectivity index (χ3n) is 3.97. The molecule has 3 aromatic heterocycles. The maximum atomic E-state index is 13.1. The predicted octanol–water partition coefficient (Wildman–Crippen LogP) is 4.06. The molecule has 0 fully saturated rings. The molecule has 4 aromatic rings. The van der Waals surface area contributed by atoms with E-state index in [1.807, 2.05) is 19.1 Å². The fraction of sp³-hybridized carbons (Fsp3) is 0.118. The highest BCUT2D eigenvalue weighted by Gasteiger charge is 2.19. The first-order valence-corrected chi connectivity index (χ1v) is 8.18. The molecule has 0 radical (unpaired) electrons. The van der Waals surface area contributed by atoms with Crippen LogP contribution >= 0.6 is 23.2 Å². The molecule has 0 saturated heterocycles. The molecule has 0 spiro atoms. The van der Waals surface area contributed by atoms with Crippen molar-refractivity contribution in [3.8, 4) is 5.69 Å². The zero-order chi connectivity index (χ0) is 16.8. The van der Waals surface area contributed by atoms with Crippen molar-refractivity contribution in [2.75, 3.05) is 0 Å². The molecule has 24 heavy (non-hydrogen) atoms. The standard InChI is InChI=1S/C17H12Cl2N4O/c1-2-22-16(19)14-12-6-5-10(18)8-13(12)23(17(24)15(14)21-22)11-4-3-7-20-9-11/h3-9H,2H2,1H3. The van der Waals surface area contributed by atoms with Crippen molar-refractivity contribution in [3.63, 3.8) is 0 Å². The van der Waals surface area contributed by atoms with E-state index >= 15 is 0 Å². The fourth-order valence-corrected chi connectivity index (χ4v) is 3.41. The SMILES string of the molecule is CCn1nc2c(=O)n(-c3cccnc3)c3cc(Cl)ccc3c2c1Cl. The van der Waals surface area contributed by atoms with E-state index in [9.17, 15) is 4.79 Å². The van der Waals surface area contributed by atoms with Crippen LogP contribution in [0, 0.1) is 0 Å². The van der Waals surface area contributed by atoms with Crippen LogP contribution < -0.4 is 5.56 Å². The first kappa shape index (κ1) is 15.2. The Morgan fingerprint density at radius 1 is 1.21 bits per heavy atom. The van der Waals surface area contributed by atoms with Gasteiger partial charge in [-0.25, -0.2) is 0 Å². The van der Waals surface area contributed by atoms with Crippen LogP contribution in [0.5, 0.6) is 0 Å². The lowest BCUT2D eigenvalue weighted by Gasteiger charge is -2.11. The molecule has 0 aliphatic carbocycles. The van der Waals surface area contributed by atoms with Gasteiger partial charge in [-0.2, -0.15) is 5.10 Å². The highest BCUT2D eigenvalue weighted by Crippen LogP contribution is 2.31. The van der Waals surface area contributed by atoms with E-state index in [4.69, 9.17) is 23.2 Å². The van der Waals surface area contributed by atoms with Crippen LogP contribution in [-0.2, 0) is 6.54 Å². The van der Waals surface area contributed by atoms with Gasteiger partial charge in [0.15, 0.2) is 5.52 Å². The Morgan fingerprint density at radius 2 is 2.04 bits per heavy atom. The van der Waals surface area contributed by atoms with Gasteiger partial charge in [0.05, 0.1) is 22.8 Å². The Hall–Kier alpha value is -2.37. The number of nitrogens with zero attached hydrogens (tertiary/aromatic N) is 4. The minimum atomic E-state index is -0.248. The van der Waals surface area contributed by atoms with Crippen LogP contribution in [0.15, 0.2) is 47.5 Å². The molecule has 0 aliphatic rings. The number of aryl methyl sites for hydroxylation is 1. The van der Waals surface area contributed by atoms with Crippen molar-refractivity contribution in [3.05, 3.63) is 63.3 Å². The topological polar surface area (TPSA) is 52.7 Å². The third kappa shape index (κ3) is 2.12. The Labute approximate surface area is 147 Å². The normalized spacial score (nSPS) is 11.5. The smallest absolute Gasteiger partial charge is 0.273 e. The van der Waals surface area contributed by atoms with Crippen LogP contribution in [0.1, 0.15) is 6.92 Å². The zero-order valence-electron chi connectivity index (χ0n) is 12.7. The molecule has 0 saturated carbocycles. The molecule has 0 N–H and O–H groups in total. The van der Waals surface area contributed by atoms with Gasteiger partial charge in [0.1, 0.15) is 5.15 Å². The minimum absolute atomic E-state index is 0.248. The van der Waals surface area contributed by atoms with E-state index in [1.54, 1.807) is 39.8 Å². The molecule has 5 nitrogen and oxygen atoms in total. The summed E-state index contributed by atoms with van der Waals surface area (Å²) < 4.78 is 3.19. The summed E-state index contributed by atoms with van der Waals surface area (Å²) in [6.07, 6.45) is 3.29. The molecule has 0 amide bonds. The molecular formula is C17H12Cl2N4O. The first-order valence-electron chi connectivity index (χ1n) is 7.42. The van der Waals surface area contributed by atoms with Crippen molar-refractivity contribution in [1.29, 1.82) is 0 Å². The number of hydrogen-bond acceptors (Lipinski definition) is 3. The highest BCUT2D eigenvalue weighted by atomic mass is 35.5. The summed E-state index contributed by atoms with van der Waals surface area (Å²) in [4.78, 5) is 17.2. The third-order valence-corrected chi connectivity index (χ3v) is 4.59. The second-order valence-corrected chi connectivity index (χ2v) is 6.14. The van der Waals surface area contributed by atoms with Gasteiger partial charge in [-0.05, 0) is 31.2 Å². The van der Waals surface area contributed by atoms with Gasteiger partial charge in [0, 0.05) is 23.2 Å². The number of halogens is 2. The lowest BCUT2D eigenvalue weighted by Crippen LogP contribution is -2.19. The van der Waals surface area contributed by atoms with Gasteiger partial charge in [-0.1, -0.05) is 29.3 Å². The van der Waals surface area contributed by atoms with Gasteiger partial charge in [0.25, 0.3) is 5.56 Å². The van der Waals surface area contributed by atoms with Crippen molar-refractivity contribution >= 4 is 45.0 Å².